The van der Waals surface area contributed by atoms with Crippen molar-refractivity contribution in [1.29, 1.82) is 5.26 Å². The van der Waals surface area contributed by atoms with Gasteiger partial charge in [0, 0.05) is 46.9 Å². The smallest absolute Gasteiger partial charge is 0.335 e. The molecular formula is C26H31N3O6. The Labute approximate surface area is 204 Å². The summed E-state index contributed by atoms with van der Waals surface area (Å²) in [4.78, 5) is 23.9. The highest BCUT2D eigenvalue weighted by Gasteiger charge is 2.43. The van der Waals surface area contributed by atoms with Gasteiger partial charge in [-0.1, -0.05) is 39.7 Å². The lowest BCUT2D eigenvalue weighted by Crippen LogP contribution is -2.47. The van der Waals surface area contributed by atoms with Gasteiger partial charge in [0.25, 0.3) is 0 Å². The summed E-state index contributed by atoms with van der Waals surface area (Å²) in [7, 11) is 0. The molecule has 2 aliphatic rings. The molecule has 0 amide bonds. The van der Waals surface area contributed by atoms with E-state index in [1.54, 1.807) is 0 Å². The highest BCUT2D eigenvalue weighted by atomic mass is 16.4. The molecule has 3 rings (SSSR count). The lowest BCUT2D eigenvalue weighted by atomic mass is 9.76. The zero-order valence-corrected chi connectivity index (χ0v) is 19.7. The molecule has 186 valence electrons. The van der Waals surface area contributed by atoms with Crippen molar-refractivity contribution in [1.82, 2.24) is 4.90 Å². The first-order chi connectivity index (χ1) is 16.5. The number of carbonyl (C=O) groups is 2. The van der Waals surface area contributed by atoms with Crippen molar-refractivity contribution in [2.24, 2.45) is 11.8 Å². The maximum absolute atomic E-state index is 9.77. The number of hydrogen-bond donors (Lipinski definition) is 4. The molecule has 4 N–H and O–H groups in total. The lowest BCUT2D eigenvalue weighted by molar-refractivity contribution is -0.165. The SMILES string of the molecule is C=C1C2CC(C(=C)N1CCCC)C(=C)N(c1ccc(C#N)cc1)C2=C.O=C(O)C(O)C(O)C(=O)O. The number of nitrogens with zero attached hydrogens (tertiary/aromatic N) is 3. The fourth-order valence-corrected chi connectivity index (χ4v) is 4.11. The van der Waals surface area contributed by atoms with E-state index in [9.17, 15) is 9.59 Å². The Kier molecular flexibility index (Phi) is 9.00. The Morgan fingerprint density at radius 2 is 1.43 bits per heavy atom. The van der Waals surface area contributed by atoms with Gasteiger partial charge in [-0.15, -0.1) is 0 Å². The number of anilines is 1. The van der Waals surface area contributed by atoms with E-state index in [0.29, 0.717) is 5.56 Å². The van der Waals surface area contributed by atoms with Crippen LogP contribution in [0, 0.1) is 23.2 Å². The Hall–Kier alpha value is -3.87. The molecule has 2 bridgehead atoms. The van der Waals surface area contributed by atoms with Crippen LogP contribution in [0.15, 0.2) is 73.4 Å². The van der Waals surface area contributed by atoms with Crippen LogP contribution >= 0.6 is 0 Å². The van der Waals surface area contributed by atoms with E-state index in [1.807, 2.05) is 24.3 Å². The number of aliphatic carboxylic acids is 2. The van der Waals surface area contributed by atoms with Gasteiger partial charge in [0.15, 0.2) is 12.2 Å². The van der Waals surface area contributed by atoms with E-state index >= 15 is 0 Å². The number of nitriles is 1. The van der Waals surface area contributed by atoms with Gasteiger partial charge in [0.05, 0.1) is 11.6 Å². The molecule has 0 aliphatic carbocycles. The molecule has 2 heterocycles. The average molecular weight is 482 g/mol. The van der Waals surface area contributed by atoms with Crippen molar-refractivity contribution < 1.29 is 30.0 Å². The van der Waals surface area contributed by atoms with Crippen molar-refractivity contribution in [2.45, 2.75) is 38.4 Å². The van der Waals surface area contributed by atoms with Gasteiger partial charge < -0.3 is 30.2 Å². The second-order valence-corrected chi connectivity index (χ2v) is 8.37. The number of likely N-dealkylation sites (tertiary alicyclic amines) is 1. The van der Waals surface area contributed by atoms with E-state index < -0.39 is 24.1 Å². The fourth-order valence-electron chi connectivity index (χ4n) is 4.11. The standard InChI is InChI=1S/C22H25N3.C4H6O6/c1-6-7-12-24-15(2)21-13-22(16(24)3)18(5)25(17(21)4)20-10-8-19(14-23)9-11-20;5-1(3(7)8)2(6)4(9)10/h8-11,21-22H,2-7,12-13H2,1H3;1-2,5-6H,(H,7,8)(H,9,10). The fraction of sp³-hybridized carbons (Fsp3) is 0.346. The zero-order chi connectivity index (χ0) is 26.4. The molecule has 2 saturated heterocycles. The van der Waals surface area contributed by atoms with Crippen LogP contribution in [0.25, 0.3) is 0 Å². The summed E-state index contributed by atoms with van der Waals surface area (Å²) >= 11 is 0. The average Bonchev–Trinajstić information content (AvgIpc) is 2.83. The normalized spacial score (nSPS) is 21.0. The first-order valence-electron chi connectivity index (χ1n) is 11.1. The van der Waals surface area contributed by atoms with Crippen molar-refractivity contribution in [3.63, 3.8) is 0 Å². The molecule has 9 nitrogen and oxygen atoms in total. The van der Waals surface area contributed by atoms with Gasteiger partial charge >= 0.3 is 11.9 Å². The van der Waals surface area contributed by atoms with E-state index in [2.05, 4.69) is 49.1 Å². The van der Waals surface area contributed by atoms with Gasteiger partial charge in [-0.05, 0) is 37.1 Å². The number of carboxylic acid groups (broad SMARTS) is 2. The summed E-state index contributed by atoms with van der Waals surface area (Å²) < 4.78 is 0. The predicted molar refractivity (Wildman–Crippen MR) is 131 cm³/mol. The van der Waals surface area contributed by atoms with Gasteiger partial charge in [-0.2, -0.15) is 5.26 Å². The van der Waals surface area contributed by atoms with Crippen LogP contribution in [0.2, 0.25) is 0 Å². The summed E-state index contributed by atoms with van der Waals surface area (Å²) in [6.07, 6.45) is -1.32. The van der Waals surface area contributed by atoms with Crippen molar-refractivity contribution in [3.8, 4) is 6.07 Å². The first-order valence-corrected chi connectivity index (χ1v) is 11.1. The molecule has 35 heavy (non-hydrogen) atoms. The van der Waals surface area contributed by atoms with Crippen molar-refractivity contribution in [3.05, 3.63) is 78.9 Å². The molecule has 0 radical (unpaired) electrons. The number of benzene rings is 1. The van der Waals surface area contributed by atoms with E-state index in [0.717, 1.165) is 54.3 Å². The second kappa shape index (κ2) is 11.5. The minimum absolute atomic E-state index is 0.202. The number of aliphatic hydroxyl groups excluding tert-OH is 2. The Bertz CT molecular complexity index is 1020. The second-order valence-electron chi connectivity index (χ2n) is 8.37. The lowest BCUT2D eigenvalue weighted by Gasteiger charge is -2.51. The van der Waals surface area contributed by atoms with Gasteiger partial charge in [0.2, 0.25) is 0 Å². The van der Waals surface area contributed by atoms with Crippen LogP contribution in [-0.4, -0.2) is 56.0 Å². The highest BCUT2D eigenvalue weighted by Crippen LogP contribution is 2.50. The van der Waals surface area contributed by atoms with E-state index in [-0.39, 0.29) is 11.8 Å². The minimum atomic E-state index is -2.27. The summed E-state index contributed by atoms with van der Waals surface area (Å²) in [6, 6.07) is 9.73. The number of hydrogen-bond acceptors (Lipinski definition) is 7. The third-order valence-corrected chi connectivity index (χ3v) is 6.14. The Balaban J connectivity index is 0.000000367. The minimum Gasteiger partial charge on any atom is -0.479 e. The molecule has 0 aromatic heterocycles. The van der Waals surface area contributed by atoms with Crippen molar-refractivity contribution >= 4 is 17.6 Å². The Morgan fingerprint density at radius 3 is 1.80 bits per heavy atom. The molecule has 1 aromatic carbocycles. The number of carboxylic acids is 2. The van der Waals surface area contributed by atoms with Gasteiger partial charge in [-0.3, -0.25) is 0 Å². The molecular weight excluding hydrogens is 450 g/mol. The highest BCUT2D eigenvalue weighted by molar-refractivity contribution is 5.83. The summed E-state index contributed by atoms with van der Waals surface area (Å²) in [5, 5.41) is 41.5. The number of piperidine rings is 2. The predicted octanol–water partition coefficient (Wildman–Crippen LogP) is 3.05. The number of unbranched alkanes of at least 4 members (excludes halogenated alkanes) is 1. The summed E-state index contributed by atoms with van der Waals surface area (Å²) in [6.45, 7) is 20.6. The summed E-state index contributed by atoms with van der Waals surface area (Å²) in [5.74, 6) is -3.13. The van der Waals surface area contributed by atoms with Crippen LogP contribution in [0.3, 0.4) is 0 Å². The maximum atomic E-state index is 9.77. The zero-order valence-electron chi connectivity index (χ0n) is 19.7. The van der Waals surface area contributed by atoms with Crippen LogP contribution < -0.4 is 4.90 Å². The monoisotopic (exact) mass is 481 g/mol. The topological polar surface area (TPSA) is 145 Å². The van der Waals surface area contributed by atoms with E-state index in [1.165, 1.54) is 0 Å². The molecule has 4 unspecified atom stereocenters. The summed E-state index contributed by atoms with van der Waals surface area (Å²) in [5.41, 5.74) is 5.83. The van der Waals surface area contributed by atoms with Crippen LogP contribution in [0.1, 0.15) is 31.7 Å². The molecule has 9 heteroatoms. The van der Waals surface area contributed by atoms with Crippen molar-refractivity contribution in [2.75, 3.05) is 11.4 Å². The molecule has 1 aromatic rings. The van der Waals surface area contributed by atoms with Gasteiger partial charge in [0.1, 0.15) is 0 Å². The third kappa shape index (κ3) is 5.80. The maximum Gasteiger partial charge on any atom is 0.335 e. The quantitative estimate of drug-likeness (QED) is 0.461. The molecule has 0 saturated carbocycles. The van der Waals surface area contributed by atoms with Crippen LogP contribution in [0.4, 0.5) is 5.69 Å². The largest absolute Gasteiger partial charge is 0.479 e. The third-order valence-electron chi connectivity index (χ3n) is 6.14. The number of aliphatic hydroxyl groups is 2. The first kappa shape index (κ1) is 27.4. The number of rotatable bonds is 7. The Morgan fingerprint density at radius 1 is 0.971 bits per heavy atom. The molecule has 2 fully saturated rings. The molecule has 4 atom stereocenters. The van der Waals surface area contributed by atoms with E-state index in [4.69, 9.17) is 25.7 Å². The molecule has 0 spiro atoms. The number of fused-ring (bicyclic) bond motifs is 2. The van der Waals surface area contributed by atoms with Crippen LogP contribution in [0.5, 0.6) is 0 Å². The van der Waals surface area contributed by atoms with Gasteiger partial charge in [-0.25, -0.2) is 9.59 Å². The molecule has 2 aliphatic heterocycles. The van der Waals surface area contributed by atoms with Crippen LogP contribution in [-0.2, 0) is 9.59 Å².